The SMILES string of the molecule is O=C(S)c1cccc(S(=O)(=O)Oc2ccc([N+](=O)[O-])cc2)c1. The zero-order valence-electron chi connectivity index (χ0n) is 10.9. The van der Waals surface area contributed by atoms with E-state index in [0.717, 1.165) is 18.2 Å². The van der Waals surface area contributed by atoms with Crippen LogP contribution in [0.3, 0.4) is 0 Å². The smallest absolute Gasteiger partial charge is 0.339 e. The molecule has 0 amide bonds. The third-order valence-electron chi connectivity index (χ3n) is 2.62. The number of carbonyl (C=O) groups is 1. The summed E-state index contributed by atoms with van der Waals surface area (Å²) in [6, 6.07) is 9.79. The summed E-state index contributed by atoms with van der Waals surface area (Å²) < 4.78 is 29.1. The van der Waals surface area contributed by atoms with E-state index in [9.17, 15) is 23.3 Å². The highest BCUT2D eigenvalue weighted by Gasteiger charge is 2.18. The van der Waals surface area contributed by atoms with Crippen LogP contribution in [0.1, 0.15) is 10.4 Å². The van der Waals surface area contributed by atoms with Crippen molar-refractivity contribution in [1.29, 1.82) is 0 Å². The summed E-state index contributed by atoms with van der Waals surface area (Å²) in [6.07, 6.45) is 0. The molecule has 0 saturated carbocycles. The number of nitro groups is 1. The van der Waals surface area contributed by atoms with Crippen molar-refractivity contribution in [2.45, 2.75) is 4.90 Å². The summed E-state index contributed by atoms with van der Waals surface area (Å²) in [5.74, 6) is -0.0757. The Morgan fingerprint density at radius 3 is 2.32 bits per heavy atom. The van der Waals surface area contributed by atoms with Gasteiger partial charge in [0.15, 0.2) is 0 Å². The number of nitro benzene ring substituents is 1. The van der Waals surface area contributed by atoms with Gasteiger partial charge in [-0.2, -0.15) is 8.42 Å². The highest BCUT2D eigenvalue weighted by molar-refractivity contribution is 7.97. The van der Waals surface area contributed by atoms with E-state index in [2.05, 4.69) is 12.6 Å². The summed E-state index contributed by atoms with van der Waals surface area (Å²) >= 11 is 3.62. The lowest BCUT2D eigenvalue weighted by atomic mass is 10.2. The lowest BCUT2D eigenvalue weighted by Gasteiger charge is -2.07. The van der Waals surface area contributed by atoms with Crippen molar-refractivity contribution in [2.24, 2.45) is 0 Å². The number of hydrogen-bond acceptors (Lipinski definition) is 6. The fourth-order valence-electron chi connectivity index (χ4n) is 1.58. The van der Waals surface area contributed by atoms with E-state index in [0.29, 0.717) is 0 Å². The predicted molar refractivity (Wildman–Crippen MR) is 80.7 cm³/mol. The second-order valence-corrected chi connectivity index (χ2v) is 6.07. The molecule has 2 rings (SSSR count). The molecule has 0 atom stereocenters. The van der Waals surface area contributed by atoms with E-state index in [1.807, 2.05) is 0 Å². The lowest BCUT2D eigenvalue weighted by Crippen LogP contribution is -2.10. The third-order valence-corrected chi connectivity index (χ3v) is 4.12. The largest absolute Gasteiger partial charge is 0.379 e. The molecule has 2 aromatic rings. The minimum absolute atomic E-state index is 0.0757. The van der Waals surface area contributed by atoms with Gasteiger partial charge in [0.25, 0.3) is 5.69 Å². The molecule has 9 heteroatoms. The van der Waals surface area contributed by atoms with Crippen LogP contribution in [0.25, 0.3) is 0 Å². The highest BCUT2D eigenvalue weighted by Crippen LogP contribution is 2.22. The van der Waals surface area contributed by atoms with Gasteiger partial charge < -0.3 is 4.18 Å². The van der Waals surface area contributed by atoms with Gasteiger partial charge in [-0.1, -0.05) is 12.1 Å². The number of non-ortho nitro benzene ring substituents is 1. The second-order valence-electron chi connectivity index (χ2n) is 4.12. The Bertz CT molecular complexity index is 830. The molecule has 2 aromatic carbocycles. The number of carbonyl (C=O) groups excluding carboxylic acids is 1. The maximum absolute atomic E-state index is 12.1. The first kappa shape index (κ1) is 16.0. The molecular formula is C13H9NO6S2. The summed E-state index contributed by atoms with van der Waals surface area (Å²) in [5.41, 5.74) is -0.0795. The van der Waals surface area contributed by atoms with Gasteiger partial charge in [0.1, 0.15) is 10.6 Å². The molecule has 0 unspecified atom stereocenters. The standard InChI is InChI=1S/C13H9NO6S2/c15-13(21)9-2-1-3-12(8-9)22(18,19)20-11-6-4-10(5-7-11)14(16)17/h1-8H,(H,15,21). The maximum atomic E-state index is 12.1. The number of rotatable bonds is 5. The van der Waals surface area contributed by atoms with Crippen LogP contribution in [0.2, 0.25) is 0 Å². The van der Waals surface area contributed by atoms with E-state index in [-0.39, 0.29) is 21.9 Å². The van der Waals surface area contributed by atoms with Gasteiger partial charge >= 0.3 is 10.1 Å². The fraction of sp³-hybridized carbons (Fsp3) is 0. The van der Waals surface area contributed by atoms with Gasteiger partial charge in [-0.15, -0.1) is 12.6 Å². The van der Waals surface area contributed by atoms with Crippen molar-refractivity contribution in [1.82, 2.24) is 0 Å². The molecule has 0 spiro atoms. The number of nitrogens with zero attached hydrogens (tertiary/aromatic N) is 1. The van der Waals surface area contributed by atoms with E-state index in [1.54, 1.807) is 0 Å². The Hall–Kier alpha value is -2.39. The van der Waals surface area contributed by atoms with E-state index in [4.69, 9.17) is 4.18 Å². The fourth-order valence-corrected chi connectivity index (χ4v) is 2.70. The van der Waals surface area contributed by atoms with Crippen LogP contribution in [0, 0.1) is 10.1 Å². The molecule has 0 bridgehead atoms. The molecule has 0 aliphatic carbocycles. The third kappa shape index (κ3) is 3.62. The molecule has 0 aromatic heterocycles. The Balaban J connectivity index is 2.29. The zero-order chi connectivity index (χ0) is 16.3. The molecule has 22 heavy (non-hydrogen) atoms. The molecule has 0 fully saturated rings. The normalized spacial score (nSPS) is 11.0. The molecule has 0 aliphatic heterocycles. The summed E-state index contributed by atoms with van der Waals surface area (Å²) in [4.78, 5) is 20.8. The zero-order valence-corrected chi connectivity index (χ0v) is 12.6. The molecule has 0 aliphatic rings. The van der Waals surface area contributed by atoms with Crippen LogP contribution in [-0.4, -0.2) is 18.5 Å². The van der Waals surface area contributed by atoms with Crippen molar-refractivity contribution in [3.8, 4) is 5.75 Å². The Morgan fingerprint density at radius 1 is 1.14 bits per heavy atom. The molecule has 7 nitrogen and oxygen atoms in total. The molecule has 114 valence electrons. The Morgan fingerprint density at radius 2 is 1.77 bits per heavy atom. The molecule has 0 saturated heterocycles. The summed E-state index contributed by atoms with van der Waals surface area (Å²) in [5, 5.41) is 9.95. The Labute approximate surface area is 131 Å². The monoisotopic (exact) mass is 339 g/mol. The topological polar surface area (TPSA) is 104 Å². The minimum atomic E-state index is -4.16. The first-order chi connectivity index (χ1) is 10.3. The first-order valence-electron chi connectivity index (χ1n) is 5.82. The van der Waals surface area contributed by atoms with Gasteiger partial charge in [-0.25, -0.2) is 0 Å². The average molecular weight is 339 g/mol. The summed E-state index contributed by atoms with van der Waals surface area (Å²) in [6.45, 7) is 0. The minimum Gasteiger partial charge on any atom is -0.379 e. The van der Waals surface area contributed by atoms with Crippen molar-refractivity contribution >= 4 is 33.5 Å². The van der Waals surface area contributed by atoms with Crippen molar-refractivity contribution in [3.05, 3.63) is 64.2 Å². The lowest BCUT2D eigenvalue weighted by molar-refractivity contribution is -0.384. The van der Waals surface area contributed by atoms with Crippen molar-refractivity contribution < 1.29 is 22.3 Å². The summed E-state index contributed by atoms with van der Waals surface area (Å²) in [7, 11) is -4.16. The van der Waals surface area contributed by atoms with Crippen molar-refractivity contribution in [2.75, 3.05) is 0 Å². The molecule has 0 radical (unpaired) electrons. The quantitative estimate of drug-likeness (QED) is 0.388. The molecular weight excluding hydrogens is 330 g/mol. The van der Waals surface area contributed by atoms with Gasteiger partial charge in [-0.05, 0) is 24.3 Å². The van der Waals surface area contributed by atoms with Gasteiger partial charge in [-0.3, -0.25) is 14.9 Å². The van der Waals surface area contributed by atoms with E-state index in [1.165, 1.54) is 30.3 Å². The second kappa shape index (κ2) is 6.16. The van der Waals surface area contributed by atoms with Crippen LogP contribution in [0.4, 0.5) is 5.69 Å². The van der Waals surface area contributed by atoms with E-state index < -0.39 is 20.2 Å². The van der Waals surface area contributed by atoms with Crippen LogP contribution in [0.15, 0.2) is 53.4 Å². The number of benzene rings is 2. The number of hydrogen-bond donors (Lipinski definition) is 1. The maximum Gasteiger partial charge on any atom is 0.339 e. The highest BCUT2D eigenvalue weighted by atomic mass is 32.2. The predicted octanol–water partition coefficient (Wildman–Crippen LogP) is 2.43. The van der Waals surface area contributed by atoms with Gasteiger partial charge in [0.2, 0.25) is 5.12 Å². The van der Waals surface area contributed by atoms with Crippen LogP contribution in [0.5, 0.6) is 5.75 Å². The molecule has 0 heterocycles. The molecule has 0 N–H and O–H groups in total. The first-order valence-corrected chi connectivity index (χ1v) is 7.67. The van der Waals surface area contributed by atoms with E-state index >= 15 is 0 Å². The van der Waals surface area contributed by atoms with Gasteiger partial charge in [0, 0.05) is 17.7 Å². The van der Waals surface area contributed by atoms with Crippen molar-refractivity contribution in [3.63, 3.8) is 0 Å². The Kier molecular flexibility index (Phi) is 4.48. The average Bonchev–Trinajstić information content (AvgIpc) is 2.47. The van der Waals surface area contributed by atoms with Crippen LogP contribution >= 0.6 is 12.6 Å². The van der Waals surface area contributed by atoms with Crippen LogP contribution in [-0.2, 0) is 10.1 Å². The van der Waals surface area contributed by atoms with Crippen LogP contribution < -0.4 is 4.18 Å². The number of thiol groups is 1. The van der Waals surface area contributed by atoms with Gasteiger partial charge in [0.05, 0.1) is 4.92 Å².